The fourth-order valence-electron chi connectivity index (χ4n) is 2.65. The Labute approximate surface area is 227 Å². The van der Waals surface area contributed by atoms with Gasteiger partial charge < -0.3 is 27.2 Å². The zero-order chi connectivity index (χ0) is 29.1. The summed E-state index contributed by atoms with van der Waals surface area (Å²) in [6, 6.07) is -1.97. The summed E-state index contributed by atoms with van der Waals surface area (Å²) in [5.41, 5.74) is 11.7. The molecule has 1 unspecified atom stereocenters. The molecule has 0 aromatic rings. The van der Waals surface area contributed by atoms with Gasteiger partial charge in [0.15, 0.2) is 0 Å². The number of primary amides is 1. The lowest BCUT2D eigenvalue weighted by molar-refractivity contribution is -0.138. The number of rotatable bonds is 18. The molecule has 0 aliphatic carbocycles. The Morgan fingerprint density at radius 3 is 2.05 bits per heavy atom. The van der Waals surface area contributed by atoms with Crippen molar-refractivity contribution in [2.24, 2.45) is 11.5 Å². The number of carbonyl (C=O) groups excluding carboxylic acids is 3. The minimum absolute atomic E-state index is 0.0946. The molecule has 7 N–H and O–H groups in total. The molecule has 212 valence electrons. The lowest BCUT2D eigenvalue weighted by Crippen LogP contribution is -2.53. The van der Waals surface area contributed by atoms with E-state index >= 15 is 0 Å². The van der Waals surface area contributed by atoms with Crippen LogP contribution in [-0.4, -0.2) is 53.2 Å². The maximum atomic E-state index is 12.5. The standard InChI is InChI=1S/C19H32N4O5.C5H10S.C3H6/c1-3-6-13(2)8-10-16(24)22-15(9-11-17(25)26)19(28)23-14(18(21)27)7-4-5-12-20;1-3-5-6-4-2;1-3-2/h3,6,14-15H,1,4-5,7-12,20H2,2H3,(H2,21,27)(H,22,24)(H,23,28)(H,25,26);4H,2-3,5H2,1H3;3H,1H2,2H3/b13-6+;;/t14-,15?;;/m0../s1. The molecule has 0 heterocycles. The first kappa shape index (κ1) is 38.7. The van der Waals surface area contributed by atoms with Crippen LogP contribution in [-0.2, 0) is 19.2 Å². The summed E-state index contributed by atoms with van der Waals surface area (Å²) >= 11 is 1.77. The molecular formula is C27H48N4O5S. The predicted molar refractivity (Wildman–Crippen MR) is 155 cm³/mol. The molecule has 0 radical (unpaired) electrons. The summed E-state index contributed by atoms with van der Waals surface area (Å²) in [5, 5.41) is 15.8. The number of aliphatic carboxylic acids is 1. The number of carbonyl (C=O) groups is 4. The van der Waals surface area contributed by atoms with Crippen molar-refractivity contribution in [3.8, 4) is 0 Å². The Bertz CT molecular complexity index is 726. The number of unbranched alkanes of at least 4 members (excludes halogenated alkanes) is 1. The number of carboxylic acids is 1. The first-order chi connectivity index (χ1) is 17.5. The number of thioether (sulfide) groups is 1. The van der Waals surface area contributed by atoms with Crippen LogP contribution in [0.1, 0.15) is 72.1 Å². The molecule has 0 rings (SSSR count). The van der Waals surface area contributed by atoms with Gasteiger partial charge in [0.2, 0.25) is 17.7 Å². The van der Waals surface area contributed by atoms with Crippen LogP contribution in [0.5, 0.6) is 0 Å². The summed E-state index contributed by atoms with van der Waals surface area (Å²) < 4.78 is 0. The fourth-order valence-corrected chi connectivity index (χ4v) is 3.05. The summed E-state index contributed by atoms with van der Waals surface area (Å²) in [7, 11) is 0. The SMILES string of the molecule is C=C/C=C(\C)CCC(=O)NC(CCC(=O)O)C(=O)N[C@@H](CCCCN)C(N)=O.C=CC.C=CSCCC. The van der Waals surface area contributed by atoms with Crippen molar-refractivity contribution in [3.05, 3.63) is 48.9 Å². The molecule has 0 saturated heterocycles. The highest BCUT2D eigenvalue weighted by Gasteiger charge is 2.25. The van der Waals surface area contributed by atoms with Crippen LogP contribution in [0.25, 0.3) is 0 Å². The third kappa shape index (κ3) is 27.6. The highest BCUT2D eigenvalue weighted by Crippen LogP contribution is 2.07. The minimum atomic E-state index is -1.09. The zero-order valence-electron chi connectivity index (χ0n) is 22.8. The van der Waals surface area contributed by atoms with Crippen molar-refractivity contribution >= 4 is 35.5 Å². The van der Waals surface area contributed by atoms with Crippen molar-refractivity contribution in [1.29, 1.82) is 0 Å². The van der Waals surface area contributed by atoms with Gasteiger partial charge in [0.25, 0.3) is 0 Å². The second-order valence-corrected chi connectivity index (χ2v) is 9.07. The van der Waals surface area contributed by atoms with E-state index < -0.39 is 29.9 Å². The molecule has 9 nitrogen and oxygen atoms in total. The molecule has 0 saturated carbocycles. The maximum absolute atomic E-state index is 12.5. The number of nitrogens with one attached hydrogen (secondary N) is 2. The largest absolute Gasteiger partial charge is 0.481 e. The molecule has 0 aromatic carbocycles. The van der Waals surface area contributed by atoms with Crippen molar-refractivity contribution in [2.45, 2.75) is 84.2 Å². The average Bonchev–Trinajstić information content (AvgIpc) is 2.84. The van der Waals surface area contributed by atoms with Crippen molar-refractivity contribution in [1.82, 2.24) is 10.6 Å². The Balaban J connectivity index is -0.00000109. The highest BCUT2D eigenvalue weighted by molar-refractivity contribution is 8.02. The summed E-state index contributed by atoms with van der Waals surface area (Å²) in [4.78, 5) is 47.1. The van der Waals surface area contributed by atoms with Gasteiger partial charge in [-0.15, -0.1) is 18.3 Å². The van der Waals surface area contributed by atoms with Gasteiger partial charge in [0.1, 0.15) is 12.1 Å². The molecule has 0 aliphatic heterocycles. The number of nitrogens with two attached hydrogens (primary N) is 2. The number of amides is 3. The molecule has 0 bridgehead atoms. The topological polar surface area (TPSA) is 165 Å². The van der Waals surface area contributed by atoms with Gasteiger partial charge in [0, 0.05) is 12.8 Å². The Morgan fingerprint density at radius 2 is 1.62 bits per heavy atom. The van der Waals surface area contributed by atoms with Gasteiger partial charge in [-0.05, 0) is 70.1 Å². The van der Waals surface area contributed by atoms with Crippen LogP contribution in [0.2, 0.25) is 0 Å². The zero-order valence-corrected chi connectivity index (χ0v) is 23.6. The molecule has 3 amide bonds. The molecule has 0 aromatic heterocycles. The van der Waals surface area contributed by atoms with Gasteiger partial charge in [-0.1, -0.05) is 43.9 Å². The normalized spacial score (nSPS) is 11.7. The van der Waals surface area contributed by atoms with E-state index in [-0.39, 0.29) is 25.2 Å². The van der Waals surface area contributed by atoms with Gasteiger partial charge in [-0.25, -0.2) is 0 Å². The third-order valence-electron chi connectivity index (χ3n) is 4.49. The van der Waals surface area contributed by atoms with E-state index in [1.165, 1.54) is 12.2 Å². The van der Waals surface area contributed by atoms with Crippen molar-refractivity contribution in [2.75, 3.05) is 12.3 Å². The van der Waals surface area contributed by atoms with Crippen LogP contribution in [0.15, 0.2) is 48.9 Å². The van der Waals surface area contributed by atoms with Gasteiger partial charge in [-0.3, -0.25) is 19.2 Å². The monoisotopic (exact) mass is 540 g/mol. The van der Waals surface area contributed by atoms with Crippen LogP contribution < -0.4 is 22.1 Å². The molecule has 37 heavy (non-hydrogen) atoms. The first-order valence-corrected chi connectivity index (χ1v) is 13.5. The van der Waals surface area contributed by atoms with Crippen LogP contribution in [0.3, 0.4) is 0 Å². The second kappa shape index (κ2) is 27.7. The first-order valence-electron chi connectivity index (χ1n) is 12.4. The highest BCUT2D eigenvalue weighted by atomic mass is 32.2. The quantitative estimate of drug-likeness (QED) is 0.100. The van der Waals surface area contributed by atoms with E-state index in [1.807, 2.05) is 19.3 Å². The molecular weight excluding hydrogens is 492 g/mol. The average molecular weight is 541 g/mol. The molecule has 0 fully saturated rings. The summed E-state index contributed by atoms with van der Waals surface area (Å²) in [6.07, 6.45) is 8.22. The van der Waals surface area contributed by atoms with E-state index in [0.717, 1.165) is 5.57 Å². The Morgan fingerprint density at radius 1 is 1.00 bits per heavy atom. The second-order valence-electron chi connectivity index (χ2n) is 7.99. The number of allylic oxidation sites excluding steroid dienone is 4. The van der Waals surface area contributed by atoms with Crippen LogP contribution in [0.4, 0.5) is 0 Å². The third-order valence-corrected chi connectivity index (χ3v) is 5.37. The lowest BCUT2D eigenvalue weighted by Gasteiger charge is -2.21. The molecule has 0 aliphatic rings. The number of hydrogen-bond donors (Lipinski definition) is 5. The number of hydrogen-bond acceptors (Lipinski definition) is 6. The van der Waals surface area contributed by atoms with Crippen LogP contribution in [0, 0.1) is 0 Å². The smallest absolute Gasteiger partial charge is 0.303 e. The van der Waals surface area contributed by atoms with Gasteiger partial charge in [0.05, 0.1) is 0 Å². The van der Waals surface area contributed by atoms with E-state index in [9.17, 15) is 19.2 Å². The predicted octanol–water partition coefficient (Wildman–Crippen LogP) is 3.81. The maximum Gasteiger partial charge on any atom is 0.303 e. The van der Waals surface area contributed by atoms with Crippen molar-refractivity contribution < 1.29 is 24.3 Å². The van der Waals surface area contributed by atoms with Crippen LogP contribution >= 0.6 is 11.8 Å². The van der Waals surface area contributed by atoms with Gasteiger partial charge in [-0.2, -0.15) is 0 Å². The Hall–Kier alpha value is -2.85. The summed E-state index contributed by atoms with van der Waals surface area (Å²) in [6.45, 7) is 16.9. The van der Waals surface area contributed by atoms with Gasteiger partial charge >= 0.3 is 5.97 Å². The fraction of sp³-hybridized carbons (Fsp3) is 0.556. The van der Waals surface area contributed by atoms with E-state index in [4.69, 9.17) is 16.6 Å². The van der Waals surface area contributed by atoms with E-state index in [2.05, 4.69) is 37.3 Å². The van der Waals surface area contributed by atoms with E-state index in [0.29, 0.717) is 32.2 Å². The van der Waals surface area contributed by atoms with Crippen molar-refractivity contribution in [3.63, 3.8) is 0 Å². The number of carboxylic acid groups (broad SMARTS) is 1. The Kier molecular flexibility index (Phi) is 29.0. The molecule has 2 atom stereocenters. The molecule has 0 spiro atoms. The minimum Gasteiger partial charge on any atom is -0.481 e. The van der Waals surface area contributed by atoms with E-state index in [1.54, 1.807) is 30.0 Å². The lowest BCUT2D eigenvalue weighted by atomic mass is 10.1. The summed E-state index contributed by atoms with van der Waals surface area (Å²) in [5.74, 6) is -1.60. The molecule has 10 heteroatoms.